The second-order valence-corrected chi connectivity index (χ2v) is 5.70. The average Bonchev–Trinajstić information content (AvgIpc) is 3.10. The van der Waals surface area contributed by atoms with Crippen molar-refractivity contribution in [1.82, 2.24) is 9.55 Å². The summed E-state index contributed by atoms with van der Waals surface area (Å²) in [5, 5.41) is 2.80. The second-order valence-electron chi connectivity index (χ2n) is 5.70. The highest BCUT2D eigenvalue weighted by Gasteiger charge is 2.11. The highest BCUT2D eigenvalue weighted by atomic mass is 16.4. The summed E-state index contributed by atoms with van der Waals surface area (Å²) in [5.74, 6) is -0.0926. The molecule has 0 saturated carbocycles. The molecule has 0 saturated heterocycles. The molecule has 0 unspecified atom stereocenters. The molecule has 0 bridgehead atoms. The summed E-state index contributed by atoms with van der Waals surface area (Å²) < 4.78 is 12.1. The first-order chi connectivity index (χ1) is 12.1. The van der Waals surface area contributed by atoms with E-state index in [9.17, 15) is 9.59 Å². The van der Waals surface area contributed by atoms with E-state index in [1.54, 1.807) is 43.3 Å². The van der Waals surface area contributed by atoms with Crippen molar-refractivity contribution >= 4 is 33.8 Å². The third-order valence-electron chi connectivity index (χ3n) is 3.92. The fourth-order valence-corrected chi connectivity index (χ4v) is 2.78. The van der Waals surface area contributed by atoms with Gasteiger partial charge in [-0.05, 0) is 24.3 Å². The number of benzene rings is 2. The van der Waals surface area contributed by atoms with E-state index < -0.39 is 5.76 Å². The maximum Gasteiger partial charge on any atom is 0.419 e. The molecule has 4 aromatic rings. The van der Waals surface area contributed by atoms with Crippen molar-refractivity contribution in [2.24, 2.45) is 0 Å². The third-order valence-corrected chi connectivity index (χ3v) is 3.92. The van der Waals surface area contributed by atoms with Crippen LogP contribution in [0.15, 0.2) is 56.1 Å². The van der Waals surface area contributed by atoms with E-state index in [1.807, 2.05) is 6.07 Å². The number of amides is 1. The molecule has 2 heterocycles. The Morgan fingerprint density at radius 1 is 1.16 bits per heavy atom. The second kappa shape index (κ2) is 5.94. The standard InChI is InChI=1S/C18H15N3O4/c1-11-19-13-7-6-12(10-16(13)24-11)20-17(22)8-9-21-14-4-2-3-5-15(14)25-18(21)23/h2-7,10H,8-9H2,1H3,(H,20,22). The zero-order valence-electron chi connectivity index (χ0n) is 13.5. The van der Waals surface area contributed by atoms with Crippen molar-refractivity contribution in [3.05, 3.63) is 58.9 Å². The summed E-state index contributed by atoms with van der Waals surface area (Å²) >= 11 is 0. The lowest BCUT2D eigenvalue weighted by atomic mass is 10.2. The van der Waals surface area contributed by atoms with Gasteiger partial charge >= 0.3 is 5.76 Å². The van der Waals surface area contributed by atoms with Crippen LogP contribution in [0.4, 0.5) is 5.69 Å². The van der Waals surface area contributed by atoms with E-state index in [0.717, 1.165) is 5.52 Å². The van der Waals surface area contributed by atoms with Crippen LogP contribution < -0.4 is 11.1 Å². The van der Waals surface area contributed by atoms with Gasteiger partial charge in [-0.2, -0.15) is 0 Å². The van der Waals surface area contributed by atoms with E-state index in [2.05, 4.69) is 10.3 Å². The number of fused-ring (bicyclic) bond motifs is 2. The number of carbonyl (C=O) groups excluding carboxylic acids is 1. The summed E-state index contributed by atoms with van der Waals surface area (Å²) in [6.07, 6.45) is 0.150. The summed E-state index contributed by atoms with van der Waals surface area (Å²) in [4.78, 5) is 28.3. The molecule has 0 atom stereocenters. The minimum Gasteiger partial charge on any atom is -0.441 e. The highest BCUT2D eigenvalue weighted by molar-refractivity contribution is 5.92. The topological polar surface area (TPSA) is 90.3 Å². The maximum atomic E-state index is 12.2. The first kappa shape index (κ1) is 15.2. The smallest absolute Gasteiger partial charge is 0.419 e. The predicted molar refractivity (Wildman–Crippen MR) is 92.5 cm³/mol. The van der Waals surface area contributed by atoms with Gasteiger partial charge in [-0.15, -0.1) is 0 Å². The molecule has 0 aliphatic carbocycles. The van der Waals surface area contributed by atoms with Crippen LogP contribution in [0.25, 0.3) is 22.2 Å². The number of nitrogens with one attached hydrogen (secondary N) is 1. The normalized spacial score (nSPS) is 11.2. The molecule has 0 aliphatic rings. The van der Waals surface area contributed by atoms with Crippen LogP contribution in [-0.2, 0) is 11.3 Å². The number of rotatable bonds is 4. The van der Waals surface area contributed by atoms with E-state index in [-0.39, 0.29) is 18.9 Å². The van der Waals surface area contributed by atoms with Gasteiger partial charge < -0.3 is 14.2 Å². The molecule has 1 N–H and O–H groups in total. The Hall–Kier alpha value is -3.35. The number of nitrogens with zero attached hydrogens (tertiary/aromatic N) is 2. The monoisotopic (exact) mass is 337 g/mol. The molecular formula is C18H15N3O4. The molecule has 4 rings (SSSR count). The van der Waals surface area contributed by atoms with Crippen LogP contribution in [0.5, 0.6) is 0 Å². The maximum absolute atomic E-state index is 12.2. The lowest BCUT2D eigenvalue weighted by Crippen LogP contribution is -2.19. The Labute approximate surface area is 141 Å². The molecule has 0 aliphatic heterocycles. The van der Waals surface area contributed by atoms with Crippen LogP contribution in [-0.4, -0.2) is 15.5 Å². The Bertz CT molecular complexity index is 1140. The Balaban J connectivity index is 1.47. The molecule has 1 amide bonds. The number of aryl methyl sites for hydroxylation is 2. The van der Waals surface area contributed by atoms with E-state index in [4.69, 9.17) is 8.83 Å². The Morgan fingerprint density at radius 2 is 2.00 bits per heavy atom. The molecule has 126 valence electrons. The van der Waals surface area contributed by atoms with Gasteiger partial charge in [-0.3, -0.25) is 9.36 Å². The summed E-state index contributed by atoms with van der Waals surface area (Å²) in [6, 6.07) is 12.4. The zero-order valence-corrected chi connectivity index (χ0v) is 13.5. The summed E-state index contributed by atoms with van der Waals surface area (Å²) in [6.45, 7) is 2.01. The van der Waals surface area contributed by atoms with Crippen molar-refractivity contribution in [3.63, 3.8) is 0 Å². The van der Waals surface area contributed by atoms with Gasteiger partial charge in [-0.1, -0.05) is 12.1 Å². The fourth-order valence-electron chi connectivity index (χ4n) is 2.78. The molecule has 2 aromatic heterocycles. The van der Waals surface area contributed by atoms with Crippen LogP contribution in [0.3, 0.4) is 0 Å². The van der Waals surface area contributed by atoms with Crippen LogP contribution in [0.2, 0.25) is 0 Å². The highest BCUT2D eigenvalue weighted by Crippen LogP contribution is 2.20. The van der Waals surface area contributed by atoms with E-state index in [1.165, 1.54) is 4.57 Å². The number of aromatic nitrogens is 2. The van der Waals surface area contributed by atoms with Gasteiger partial charge in [0.15, 0.2) is 17.1 Å². The minimum atomic E-state index is -0.465. The largest absolute Gasteiger partial charge is 0.441 e. The minimum absolute atomic E-state index is 0.150. The number of anilines is 1. The van der Waals surface area contributed by atoms with Gasteiger partial charge in [0, 0.05) is 31.6 Å². The first-order valence-corrected chi connectivity index (χ1v) is 7.85. The van der Waals surface area contributed by atoms with Crippen molar-refractivity contribution in [3.8, 4) is 0 Å². The van der Waals surface area contributed by atoms with Gasteiger partial charge in [0.1, 0.15) is 5.52 Å². The van der Waals surface area contributed by atoms with Crippen molar-refractivity contribution in [2.75, 3.05) is 5.32 Å². The lowest BCUT2D eigenvalue weighted by molar-refractivity contribution is -0.116. The van der Waals surface area contributed by atoms with Gasteiger partial charge in [-0.25, -0.2) is 9.78 Å². The number of hydrogen-bond acceptors (Lipinski definition) is 5. The van der Waals surface area contributed by atoms with Crippen molar-refractivity contribution < 1.29 is 13.6 Å². The number of oxazole rings is 2. The molecule has 0 fully saturated rings. The van der Waals surface area contributed by atoms with Crippen molar-refractivity contribution in [2.45, 2.75) is 19.9 Å². The molecule has 7 heteroatoms. The first-order valence-electron chi connectivity index (χ1n) is 7.85. The molecule has 7 nitrogen and oxygen atoms in total. The van der Waals surface area contributed by atoms with Crippen LogP contribution in [0, 0.1) is 6.92 Å². The van der Waals surface area contributed by atoms with Crippen LogP contribution in [0.1, 0.15) is 12.3 Å². The molecule has 0 radical (unpaired) electrons. The van der Waals surface area contributed by atoms with E-state index in [0.29, 0.717) is 28.3 Å². The van der Waals surface area contributed by atoms with Crippen LogP contribution >= 0.6 is 0 Å². The Kier molecular flexibility index (Phi) is 3.61. The number of carbonyl (C=O) groups is 1. The number of para-hydroxylation sites is 2. The summed E-state index contributed by atoms with van der Waals surface area (Å²) in [7, 11) is 0. The van der Waals surface area contributed by atoms with E-state index >= 15 is 0 Å². The molecule has 25 heavy (non-hydrogen) atoms. The predicted octanol–water partition coefficient (Wildman–Crippen LogP) is 3.07. The Morgan fingerprint density at radius 3 is 2.88 bits per heavy atom. The third kappa shape index (κ3) is 2.91. The van der Waals surface area contributed by atoms with Gasteiger partial charge in [0.05, 0.1) is 5.52 Å². The average molecular weight is 337 g/mol. The lowest BCUT2D eigenvalue weighted by Gasteiger charge is -2.05. The molecule has 0 spiro atoms. The van der Waals surface area contributed by atoms with Gasteiger partial charge in [0.25, 0.3) is 0 Å². The van der Waals surface area contributed by atoms with Gasteiger partial charge in [0.2, 0.25) is 5.91 Å². The SMILES string of the molecule is Cc1nc2ccc(NC(=O)CCn3c(=O)oc4ccccc43)cc2o1. The molecular weight excluding hydrogens is 322 g/mol. The van der Waals surface area contributed by atoms with Crippen molar-refractivity contribution in [1.29, 1.82) is 0 Å². The zero-order chi connectivity index (χ0) is 17.4. The quantitative estimate of drug-likeness (QED) is 0.618. The number of hydrogen-bond donors (Lipinski definition) is 1. The molecule has 2 aromatic carbocycles. The fraction of sp³-hybridized carbons (Fsp3) is 0.167. The summed E-state index contributed by atoms with van der Waals surface area (Å²) in [5.41, 5.74) is 3.18.